The number of thiazole rings is 1. The summed E-state index contributed by atoms with van der Waals surface area (Å²) in [5, 5.41) is 3.39. The van der Waals surface area contributed by atoms with Crippen LogP contribution in [0.5, 0.6) is 0 Å². The van der Waals surface area contributed by atoms with E-state index in [1.807, 2.05) is 0 Å². The molecular weight excluding hydrogens is 218 g/mol. The van der Waals surface area contributed by atoms with E-state index in [4.69, 9.17) is 5.73 Å². The average molecular weight is 239 g/mol. The minimum absolute atomic E-state index is 0.401. The Hall–Kier alpha value is -0.450. The maximum absolute atomic E-state index is 6.01. The summed E-state index contributed by atoms with van der Waals surface area (Å²) in [6, 6.07) is 0.401. The van der Waals surface area contributed by atoms with E-state index in [2.05, 4.69) is 29.1 Å². The van der Waals surface area contributed by atoms with Gasteiger partial charge in [0.2, 0.25) is 0 Å². The highest BCUT2D eigenvalue weighted by molar-refractivity contribution is 7.09. The molecule has 4 heteroatoms. The zero-order valence-corrected chi connectivity index (χ0v) is 11.0. The summed E-state index contributed by atoms with van der Waals surface area (Å²) in [4.78, 5) is 7.01. The highest BCUT2D eigenvalue weighted by atomic mass is 32.1. The number of nitrogens with zero attached hydrogens (tertiary/aromatic N) is 2. The molecule has 0 amide bonds. The van der Waals surface area contributed by atoms with Crippen molar-refractivity contribution in [1.29, 1.82) is 0 Å². The van der Waals surface area contributed by atoms with E-state index in [1.165, 1.54) is 5.01 Å². The van der Waals surface area contributed by atoms with Crippen molar-refractivity contribution in [1.82, 2.24) is 9.88 Å². The third-order valence-corrected chi connectivity index (χ3v) is 4.39. The Morgan fingerprint density at radius 3 is 3.06 bits per heavy atom. The van der Waals surface area contributed by atoms with Crippen molar-refractivity contribution in [2.45, 2.75) is 32.7 Å². The van der Waals surface area contributed by atoms with Gasteiger partial charge in [0.1, 0.15) is 0 Å². The first-order valence-electron chi connectivity index (χ1n) is 6.04. The van der Waals surface area contributed by atoms with Gasteiger partial charge in [0.05, 0.1) is 5.01 Å². The normalized spacial score (nSPS) is 27.2. The smallest absolute Gasteiger partial charge is 0.0940 e. The summed E-state index contributed by atoms with van der Waals surface area (Å²) in [5.74, 6) is 0.631. The Kier molecular flexibility index (Phi) is 3.95. The topological polar surface area (TPSA) is 42.1 Å². The lowest BCUT2D eigenvalue weighted by molar-refractivity contribution is 0.166. The number of hydrogen-bond donors (Lipinski definition) is 1. The fraction of sp³-hybridized carbons (Fsp3) is 0.750. The van der Waals surface area contributed by atoms with Gasteiger partial charge in [-0.05, 0) is 25.8 Å². The van der Waals surface area contributed by atoms with Crippen LogP contribution in [-0.2, 0) is 6.42 Å². The van der Waals surface area contributed by atoms with E-state index in [-0.39, 0.29) is 0 Å². The Bertz CT molecular complexity index is 337. The van der Waals surface area contributed by atoms with Crippen molar-refractivity contribution in [2.75, 3.05) is 19.6 Å². The van der Waals surface area contributed by atoms with Crippen molar-refractivity contribution < 1.29 is 0 Å². The summed E-state index contributed by atoms with van der Waals surface area (Å²) in [5.41, 5.74) is 7.16. The molecule has 1 aromatic heterocycles. The Labute approximate surface area is 102 Å². The Balaban J connectivity index is 1.78. The molecule has 1 aromatic rings. The first kappa shape index (κ1) is 12.0. The van der Waals surface area contributed by atoms with Gasteiger partial charge < -0.3 is 10.6 Å². The first-order chi connectivity index (χ1) is 7.65. The zero-order chi connectivity index (χ0) is 11.5. The van der Waals surface area contributed by atoms with Crippen molar-refractivity contribution in [2.24, 2.45) is 11.7 Å². The molecule has 2 unspecified atom stereocenters. The molecule has 0 bridgehead atoms. The molecule has 0 aromatic carbocycles. The first-order valence-corrected chi connectivity index (χ1v) is 6.92. The van der Waals surface area contributed by atoms with E-state index >= 15 is 0 Å². The van der Waals surface area contributed by atoms with Crippen molar-refractivity contribution >= 4 is 11.3 Å². The molecule has 1 aliphatic heterocycles. The van der Waals surface area contributed by atoms with Crippen LogP contribution >= 0.6 is 11.3 Å². The summed E-state index contributed by atoms with van der Waals surface area (Å²) in [6.45, 7) is 7.73. The molecule has 1 saturated heterocycles. The van der Waals surface area contributed by atoms with Gasteiger partial charge in [-0.2, -0.15) is 0 Å². The number of piperidine rings is 1. The molecular formula is C12H21N3S. The molecule has 2 N–H and O–H groups in total. The van der Waals surface area contributed by atoms with Gasteiger partial charge in [-0.1, -0.05) is 6.92 Å². The van der Waals surface area contributed by atoms with Crippen LogP contribution in [0.4, 0.5) is 0 Å². The molecule has 90 valence electrons. The predicted molar refractivity (Wildman–Crippen MR) is 68.8 cm³/mol. The fourth-order valence-electron chi connectivity index (χ4n) is 2.22. The van der Waals surface area contributed by atoms with Gasteiger partial charge in [-0.25, -0.2) is 4.98 Å². The molecule has 0 radical (unpaired) electrons. The third kappa shape index (κ3) is 3.03. The van der Waals surface area contributed by atoms with Crippen LogP contribution in [0.1, 0.15) is 24.0 Å². The Morgan fingerprint density at radius 2 is 2.44 bits per heavy atom. The van der Waals surface area contributed by atoms with E-state index in [0.29, 0.717) is 12.0 Å². The number of nitrogens with two attached hydrogens (primary N) is 1. The van der Waals surface area contributed by atoms with Crippen LogP contribution in [0.2, 0.25) is 0 Å². The maximum atomic E-state index is 6.01. The van der Waals surface area contributed by atoms with Gasteiger partial charge in [0.25, 0.3) is 0 Å². The van der Waals surface area contributed by atoms with Crippen LogP contribution in [0.15, 0.2) is 5.38 Å². The van der Waals surface area contributed by atoms with Crippen LogP contribution < -0.4 is 5.73 Å². The molecule has 0 aliphatic carbocycles. The molecule has 2 atom stereocenters. The summed E-state index contributed by atoms with van der Waals surface area (Å²) in [7, 11) is 0. The van der Waals surface area contributed by atoms with Crippen LogP contribution in [-0.4, -0.2) is 35.6 Å². The lowest BCUT2D eigenvalue weighted by Gasteiger charge is -2.34. The van der Waals surface area contributed by atoms with E-state index in [9.17, 15) is 0 Å². The van der Waals surface area contributed by atoms with Crippen LogP contribution in [0.25, 0.3) is 0 Å². The summed E-state index contributed by atoms with van der Waals surface area (Å²) in [6.07, 6.45) is 2.22. The number of aryl methyl sites for hydroxylation is 1. The van der Waals surface area contributed by atoms with Gasteiger partial charge >= 0.3 is 0 Å². The van der Waals surface area contributed by atoms with Crippen molar-refractivity contribution in [3.8, 4) is 0 Å². The number of aromatic nitrogens is 1. The standard InChI is InChI=1S/C12H21N3S/c1-9-7-15(5-3-11(9)13)6-4-12-14-10(2)8-16-12/h8-9,11H,3-7,13H2,1-2H3. The largest absolute Gasteiger partial charge is 0.327 e. The number of likely N-dealkylation sites (tertiary alicyclic amines) is 1. The predicted octanol–water partition coefficient (Wildman–Crippen LogP) is 1.66. The molecule has 0 saturated carbocycles. The molecule has 1 fully saturated rings. The van der Waals surface area contributed by atoms with Gasteiger partial charge in [0, 0.05) is 36.6 Å². The highest BCUT2D eigenvalue weighted by Gasteiger charge is 2.22. The second-order valence-corrected chi connectivity index (χ2v) is 5.81. The quantitative estimate of drug-likeness (QED) is 0.872. The summed E-state index contributed by atoms with van der Waals surface area (Å²) >= 11 is 1.78. The average Bonchev–Trinajstić information content (AvgIpc) is 2.66. The van der Waals surface area contributed by atoms with Crippen molar-refractivity contribution in [3.63, 3.8) is 0 Å². The summed E-state index contributed by atoms with van der Waals surface area (Å²) < 4.78 is 0. The zero-order valence-electron chi connectivity index (χ0n) is 10.1. The molecule has 16 heavy (non-hydrogen) atoms. The minimum atomic E-state index is 0.401. The van der Waals surface area contributed by atoms with Gasteiger partial charge in [-0.3, -0.25) is 0 Å². The molecule has 0 spiro atoms. The molecule has 1 aliphatic rings. The molecule has 2 rings (SSSR count). The third-order valence-electron chi connectivity index (χ3n) is 3.36. The van der Waals surface area contributed by atoms with Crippen molar-refractivity contribution in [3.05, 3.63) is 16.1 Å². The number of rotatable bonds is 3. The second kappa shape index (κ2) is 5.25. The minimum Gasteiger partial charge on any atom is -0.327 e. The molecule has 3 nitrogen and oxygen atoms in total. The number of hydrogen-bond acceptors (Lipinski definition) is 4. The van der Waals surface area contributed by atoms with E-state index in [0.717, 1.165) is 38.2 Å². The van der Waals surface area contributed by atoms with Gasteiger partial charge in [0.15, 0.2) is 0 Å². The fourth-order valence-corrected chi connectivity index (χ4v) is 2.99. The SMILES string of the molecule is Cc1csc(CCN2CCC(N)C(C)C2)n1. The van der Waals surface area contributed by atoms with Crippen LogP contribution in [0, 0.1) is 12.8 Å². The highest BCUT2D eigenvalue weighted by Crippen LogP contribution is 2.16. The van der Waals surface area contributed by atoms with Crippen LogP contribution in [0.3, 0.4) is 0 Å². The molecule has 2 heterocycles. The van der Waals surface area contributed by atoms with E-state index in [1.54, 1.807) is 11.3 Å². The lowest BCUT2D eigenvalue weighted by Crippen LogP contribution is -2.46. The second-order valence-electron chi connectivity index (χ2n) is 4.86. The monoisotopic (exact) mass is 239 g/mol. The maximum Gasteiger partial charge on any atom is 0.0940 e. The Morgan fingerprint density at radius 1 is 1.62 bits per heavy atom. The lowest BCUT2D eigenvalue weighted by atomic mass is 9.95. The van der Waals surface area contributed by atoms with E-state index < -0.39 is 0 Å². The van der Waals surface area contributed by atoms with Gasteiger partial charge in [-0.15, -0.1) is 11.3 Å².